The summed E-state index contributed by atoms with van der Waals surface area (Å²) in [6, 6.07) is 24.8. The highest BCUT2D eigenvalue weighted by molar-refractivity contribution is 5.95. The van der Waals surface area contributed by atoms with Crippen molar-refractivity contribution >= 4 is 5.78 Å². The standard InChI is InChI=1S/C21H18O/c1-15-6-8-17(9-7-15)18-10-12-19(13-11-18)21-5-3-4-20(14-21)16(2)22/h3-14H,1-2H3. The molecule has 0 saturated heterocycles. The van der Waals surface area contributed by atoms with Gasteiger partial charge < -0.3 is 0 Å². The second-order valence-electron chi connectivity index (χ2n) is 5.58. The smallest absolute Gasteiger partial charge is 0.159 e. The Bertz CT molecular complexity index is 796. The predicted octanol–water partition coefficient (Wildman–Crippen LogP) is 5.53. The zero-order valence-electron chi connectivity index (χ0n) is 12.8. The van der Waals surface area contributed by atoms with E-state index in [0.29, 0.717) is 0 Å². The quantitative estimate of drug-likeness (QED) is 0.578. The molecule has 0 unspecified atom stereocenters. The molecule has 22 heavy (non-hydrogen) atoms. The van der Waals surface area contributed by atoms with E-state index in [2.05, 4.69) is 55.5 Å². The minimum Gasteiger partial charge on any atom is -0.295 e. The Labute approximate surface area is 131 Å². The van der Waals surface area contributed by atoms with E-state index in [1.54, 1.807) is 6.92 Å². The molecular weight excluding hydrogens is 268 g/mol. The number of aryl methyl sites for hydroxylation is 1. The third-order valence-electron chi connectivity index (χ3n) is 3.87. The second-order valence-corrected chi connectivity index (χ2v) is 5.58. The van der Waals surface area contributed by atoms with E-state index in [9.17, 15) is 4.79 Å². The van der Waals surface area contributed by atoms with Crippen molar-refractivity contribution in [2.75, 3.05) is 0 Å². The van der Waals surface area contributed by atoms with Crippen molar-refractivity contribution in [1.82, 2.24) is 0 Å². The lowest BCUT2D eigenvalue weighted by molar-refractivity contribution is 0.101. The van der Waals surface area contributed by atoms with Crippen molar-refractivity contribution in [2.45, 2.75) is 13.8 Å². The first-order chi connectivity index (χ1) is 10.6. The lowest BCUT2D eigenvalue weighted by atomic mass is 9.98. The molecule has 1 nitrogen and oxygen atoms in total. The first-order valence-electron chi connectivity index (χ1n) is 7.42. The largest absolute Gasteiger partial charge is 0.295 e. The number of ketones is 1. The SMILES string of the molecule is CC(=O)c1cccc(-c2ccc(-c3ccc(C)cc3)cc2)c1. The zero-order valence-corrected chi connectivity index (χ0v) is 12.8. The Morgan fingerprint density at radius 3 is 1.73 bits per heavy atom. The van der Waals surface area contributed by atoms with Gasteiger partial charge in [0.2, 0.25) is 0 Å². The molecule has 0 fully saturated rings. The Morgan fingerprint density at radius 1 is 0.682 bits per heavy atom. The van der Waals surface area contributed by atoms with Gasteiger partial charge in [0, 0.05) is 5.56 Å². The lowest BCUT2D eigenvalue weighted by Gasteiger charge is -2.06. The van der Waals surface area contributed by atoms with Crippen LogP contribution in [0.5, 0.6) is 0 Å². The molecule has 0 spiro atoms. The third-order valence-corrected chi connectivity index (χ3v) is 3.87. The fraction of sp³-hybridized carbons (Fsp3) is 0.0952. The fourth-order valence-electron chi connectivity index (χ4n) is 2.52. The molecule has 0 heterocycles. The molecule has 108 valence electrons. The lowest BCUT2D eigenvalue weighted by Crippen LogP contribution is -1.91. The van der Waals surface area contributed by atoms with Gasteiger partial charge in [-0.2, -0.15) is 0 Å². The predicted molar refractivity (Wildman–Crippen MR) is 92.1 cm³/mol. The van der Waals surface area contributed by atoms with Gasteiger partial charge in [-0.15, -0.1) is 0 Å². The van der Waals surface area contributed by atoms with E-state index in [-0.39, 0.29) is 5.78 Å². The Balaban J connectivity index is 1.92. The number of hydrogen-bond acceptors (Lipinski definition) is 1. The summed E-state index contributed by atoms with van der Waals surface area (Å²) in [4.78, 5) is 11.5. The number of carbonyl (C=O) groups excluding carboxylic acids is 1. The van der Waals surface area contributed by atoms with Crippen LogP contribution in [0, 0.1) is 6.92 Å². The third kappa shape index (κ3) is 2.99. The van der Waals surface area contributed by atoms with Crippen molar-refractivity contribution in [3.8, 4) is 22.3 Å². The van der Waals surface area contributed by atoms with Gasteiger partial charge in [0.15, 0.2) is 5.78 Å². The molecule has 0 radical (unpaired) electrons. The van der Waals surface area contributed by atoms with Gasteiger partial charge in [-0.1, -0.05) is 72.3 Å². The fourth-order valence-corrected chi connectivity index (χ4v) is 2.52. The maximum absolute atomic E-state index is 11.5. The molecule has 0 aliphatic rings. The van der Waals surface area contributed by atoms with Crippen LogP contribution in [0.2, 0.25) is 0 Å². The second kappa shape index (κ2) is 5.98. The first kappa shape index (κ1) is 14.3. The molecule has 0 N–H and O–H groups in total. The molecule has 0 atom stereocenters. The van der Waals surface area contributed by atoms with E-state index in [1.165, 1.54) is 16.7 Å². The first-order valence-corrected chi connectivity index (χ1v) is 7.42. The summed E-state index contributed by atoms with van der Waals surface area (Å²) in [5.41, 5.74) is 6.63. The number of Topliss-reactive ketones (excluding diaryl/α,β-unsaturated/α-hetero) is 1. The molecule has 0 aliphatic carbocycles. The Morgan fingerprint density at radius 2 is 1.18 bits per heavy atom. The molecule has 3 rings (SSSR count). The summed E-state index contributed by atoms with van der Waals surface area (Å²) < 4.78 is 0. The number of rotatable bonds is 3. The van der Waals surface area contributed by atoms with Gasteiger partial charge in [-0.25, -0.2) is 0 Å². The number of benzene rings is 3. The Hall–Kier alpha value is -2.67. The van der Waals surface area contributed by atoms with E-state index in [0.717, 1.165) is 16.7 Å². The average molecular weight is 286 g/mol. The van der Waals surface area contributed by atoms with Crippen LogP contribution in [-0.4, -0.2) is 5.78 Å². The van der Waals surface area contributed by atoms with Crippen molar-refractivity contribution in [1.29, 1.82) is 0 Å². The van der Waals surface area contributed by atoms with Crippen molar-refractivity contribution in [2.24, 2.45) is 0 Å². The average Bonchev–Trinajstić information content (AvgIpc) is 2.56. The zero-order chi connectivity index (χ0) is 15.5. The molecular formula is C21H18O. The summed E-state index contributed by atoms with van der Waals surface area (Å²) in [6.45, 7) is 3.69. The topological polar surface area (TPSA) is 17.1 Å². The van der Waals surface area contributed by atoms with Gasteiger partial charge in [0.05, 0.1) is 0 Å². The van der Waals surface area contributed by atoms with Gasteiger partial charge in [-0.3, -0.25) is 4.79 Å². The van der Waals surface area contributed by atoms with Crippen LogP contribution in [0.4, 0.5) is 0 Å². The number of hydrogen-bond donors (Lipinski definition) is 0. The Kier molecular flexibility index (Phi) is 3.88. The highest BCUT2D eigenvalue weighted by Crippen LogP contribution is 2.25. The van der Waals surface area contributed by atoms with Gasteiger partial charge >= 0.3 is 0 Å². The minimum absolute atomic E-state index is 0.0955. The summed E-state index contributed by atoms with van der Waals surface area (Å²) in [6.07, 6.45) is 0. The van der Waals surface area contributed by atoms with Crippen LogP contribution >= 0.6 is 0 Å². The summed E-state index contributed by atoms with van der Waals surface area (Å²) in [5, 5.41) is 0. The summed E-state index contributed by atoms with van der Waals surface area (Å²) in [7, 11) is 0. The van der Waals surface area contributed by atoms with Crippen molar-refractivity contribution in [3.63, 3.8) is 0 Å². The van der Waals surface area contributed by atoms with Crippen LogP contribution in [0.15, 0.2) is 72.8 Å². The normalized spacial score (nSPS) is 10.5. The molecule has 1 heteroatoms. The monoisotopic (exact) mass is 286 g/mol. The highest BCUT2D eigenvalue weighted by atomic mass is 16.1. The van der Waals surface area contributed by atoms with Crippen LogP contribution in [-0.2, 0) is 0 Å². The van der Waals surface area contributed by atoms with Gasteiger partial charge in [0.1, 0.15) is 0 Å². The van der Waals surface area contributed by atoms with Crippen LogP contribution < -0.4 is 0 Å². The van der Waals surface area contributed by atoms with E-state index < -0.39 is 0 Å². The van der Waals surface area contributed by atoms with E-state index in [4.69, 9.17) is 0 Å². The summed E-state index contributed by atoms with van der Waals surface area (Å²) in [5.74, 6) is 0.0955. The molecule has 0 saturated carbocycles. The van der Waals surface area contributed by atoms with Crippen molar-refractivity contribution in [3.05, 3.63) is 83.9 Å². The molecule has 0 amide bonds. The highest BCUT2D eigenvalue weighted by Gasteiger charge is 2.03. The molecule has 0 aromatic heterocycles. The van der Waals surface area contributed by atoms with Crippen LogP contribution in [0.1, 0.15) is 22.8 Å². The van der Waals surface area contributed by atoms with E-state index in [1.807, 2.05) is 24.3 Å². The van der Waals surface area contributed by atoms with Gasteiger partial charge in [-0.05, 0) is 42.2 Å². The maximum Gasteiger partial charge on any atom is 0.159 e. The number of carbonyl (C=O) groups is 1. The molecule has 0 bridgehead atoms. The van der Waals surface area contributed by atoms with Crippen LogP contribution in [0.3, 0.4) is 0 Å². The maximum atomic E-state index is 11.5. The molecule has 0 aliphatic heterocycles. The van der Waals surface area contributed by atoms with Gasteiger partial charge in [0.25, 0.3) is 0 Å². The summed E-state index contributed by atoms with van der Waals surface area (Å²) >= 11 is 0. The van der Waals surface area contributed by atoms with Crippen molar-refractivity contribution < 1.29 is 4.79 Å². The van der Waals surface area contributed by atoms with E-state index >= 15 is 0 Å². The molecule has 3 aromatic carbocycles. The van der Waals surface area contributed by atoms with Crippen LogP contribution in [0.25, 0.3) is 22.3 Å². The molecule has 3 aromatic rings. The minimum atomic E-state index is 0.0955.